The summed E-state index contributed by atoms with van der Waals surface area (Å²) in [4.78, 5) is 13.0. The smallest absolute Gasteiger partial charge is 0.243 e. The summed E-state index contributed by atoms with van der Waals surface area (Å²) in [7, 11) is -3.63. The molecule has 148 valence electrons. The molecule has 1 aliphatic heterocycles. The summed E-state index contributed by atoms with van der Waals surface area (Å²) in [6.07, 6.45) is 4.66. The molecule has 0 bridgehead atoms. The van der Waals surface area contributed by atoms with Crippen molar-refractivity contribution in [3.05, 3.63) is 58.6 Å². The molecule has 1 unspecified atom stereocenters. The molecule has 0 aromatic heterocycles. The average Bonchev–Trinajstić information content (AvgIpc) is 3.16. The molecule has 1 amide bonds. The van der Waals surface area contributed by atoms with Gasteiger partial charge in [-0.15, -0.1) is 0 Å². The molecule has 1 fully saturated rings. The van der Waals surface area contributed by atoms with Crippen molar-refractivity contribution in [3.8, 4) is 0 Å². The van der Waals surface area contributed by atoms with Gasteiger partial charge in [0.1, 0.15) is 0 Å². The van der Waals surface area contributed by atoms with Crippen molar-refractivity contribution in [2.24, 2.45) is 5.92 Å². The summed E-state index contributed by atoms with van der Waals surface area (Å²) in [5.74, 6) is -0.474. The molecule has 0 spiro atoms. The molecule has 2 aromatic carbocycles. The summed E-state index contributed by atoms with van der Waals surface area (Å²) < 4.78 is 27.2. The normalized spacial score (nSPS) is 20.0. The van der Waals surface area contributed by atoms with Crippen LogP contribution < -0.4 is 5.32 Å². The van der Waals surface area contributed by atoms with Crippen LogP contribution in [0.15, 0.2) is 47.4 Å². The van der Waals surface area contributed by atoms with E-state index in [-0.39, 0.29) is 23.3 Å². The first-order valence-corrected chi connectivity index (χ1v) is 11.4. The van der Waals surface area contributed by atoms with Crippen LogP contribution in [0, 0.1) is 5.92 Å². The molecule has 1 saturated heterocycles. The van der Waals surface area contributed by atoms with E-state index in [2.05, 4.69) is 11.4 Å². The van der Waals surface area contributed by atoms with Gasteiger partial charge in [-0.3, -0.25) is 4.79 Å². The van der Waals surface area contributed by atoms with Crippen LogP contribution in [0.3, 0.4) is 0 Å². The lowest BCUT2D eigenvalue weighted by molar-refractivity contribution is -0.120. The first-order chi connectivity index (χ1) is 13.4. The maximum Gasteiger partial charge on any atom is 0.243 e. The molecule has 1 heterocycles. The van der Waals surface area contributed by atoms with Crippen LogP contribution >= 0.6 is 11.6 Å². The fourth-order valence-corrected chi connectivity index (χ4v) is 5.67. The number of nitrogens with one attached hydrogen (secondary N) is 1. The van der Waals surface area contributed by atoms with E-state index in [1.165, 1.54) is 27.6 Å². The molecule has 28 heavy (non-hydrogen) atoms. The number of amides is 1. The first-order valence-electron chi connectivity index (χ1n) is 9.62. The second-order valence-corrected chi connectivity index (χ2v) is 9.86. The van der Waals surface area contributed by atoms with Crippen molar-refractivity contribution in [2.75, 3.05) is 18.4 Å². The number of benzene rings is 2. The van der Waals surface area contributed by atoms with E-state index in [0.29, 0.717) is 24.4 Å². The zero-order chi connectivity index (χ0) is 19.7. The lowest BCUT2D eigenvalue weighted by Gasteiger charge is -2.31. The van der Waals surface area contributed by atoms with Crippen LogP contribution in [0.25, 0.3) is 0 Å². The minimum absolute atomic E-state index is 0.117. The van der Waals surface area contributed by atoms with E-state index in [0.717, 1.165) is 24.9 Å². The molecule has 0 saturated carbocycles. The number of nitrogens with zero attached hydrogens (tertiary/aromatic N) is 1. The highest BCUT2D eigenvalue weighted by Gasteiger charge is 2.33. The Balaban J connectivity index is 1.45. The number of hydrogen-bond acceptors (Lipinski definition) is 3. The van der Waals surface area contributed by atoms with Crippen molar-refractivity contribution in [3.63, 3.8) is 0 Å². The fourth-order valence-electron chi connectivity index (χ4n) is 4.02. The summed E-state index contributed by atoms with van der Waals surface area (Å²) in [6.45, 7) is 0.620. The van der Waals surface area contributed by atoms with Crippen molar-refractivity contribution < 1.29 is 13.2 Å². The third-order valence-electron chi connectivity index (χ3n) is 5.57. The molecule has 1 atom stereocenters. The highest BCUT2D eigenvalue weighted by molar-refractivity contribution is 7.89. The number of piperidine rings is 1. The van der Waals surface area contributed by atoms with E-state index in [9.17, 15) is 13.2 Å². The van der Waals surface area contributed by atoms with E-state index in [1.54, 1.807) is 12.1 Å². The Labute approximate surface area is 170 Å². The van der Waals surface area contributed by atoms with Gasteiger partial charge in [-0.2, -0.15) is 4.31 Å². The molecule has 0 radical (unpaired) electrons. The molecule has 7 heteroatoms. The van der Waals surface area contributed by atoms with Gasteiger partial charge in [0.05, 0.1) is 10.8 Å². The summed E-state index contributed by atoms with van der Waals surface area (Å²) in [5, 5.41) is 3.47. The van der Waals surface area contributed by atoms with Gasteiger partial charge in [-0.05, 0) is 79.6 Å². The predicted molar refractivity (Wildman–Crippen MR) is 110 cm³/mol. The summed E-state index contributed by atoms with van der Waals surface area (Å²) in [5.41, 5.74) is 3.45. The number of carbonyl (C=O) groups is 1. The van der Waals surface area contributed by atoms with Gasteiger partial charge in [-0.1, -0.05) is 17.7 Å². The third kappa shape index (κ3) is 3.95. The van der Waals surface area contributed by atoms with Gasteiger partial charge in [0.2, 0.25) is 15.9 Å². The van der Waals surface area contributed by atoms with Crippen LogP contribution in [0.4, 0.5) is 5.69 Å². The number of carbonyl (C=O) groups excluding carboxylic acids is 1. The van der Waals surface area contributed by atoms with Crippen LogP contribution in [-0.4, -0.2) is 31.7 Å². The van der Waals surface area contributed by atoms with Crippen LogP contribution in [0.5, 0.6) is 0 Å². The quantitative estimate of drug-likeness (QED) is 0.819. The Morgan fingerprint density at radius 1 is 1.04 bits per heavy atom. The molecule has 5 nitrogen and oxygen atoms in total. The van der Waals surface area contributed by atoms with Gasteiger partial charge in [-0.25, -0.2) is 8.42 Å². The largest absolute Gasteiger partial charge is 0.326 e. The molecular formula is C21H23ClN2O3S. The Morgan fingerprint density at radius 2 is 1.79 bits per heavy atom. The number of sulfonamides is 1. The predicted octanol–water partition coefficient (Wildman–Crippen LogP) is 3.87. The van der Waals surface area contributed by atoms with E-state index < -0.39 is 10.0 Å². The highest BCUT2D eigenvalue weighted by Crippen LogP contribution is 2.28. The monoisotopic (exact) mass is 418 g/mol. The Bertz CT molecular complexity index is 989. The minimum Gasteiger partial charge on any atom is -0.326 e. The highest BCUT2D eigenvalue weighted by atomic mass is 35.5. The van der Waals surface area contributed by atoms with Crippen LogP contribution in [0.2, 0.25) is 5.02 Å². The van der Waals surface area contributed by atoms with Crippen LogP contribution in [0.1, 0.15) is 30.4 Å². The maximum atomic E-state index is 12.9. The number of anilines is 1. The number of aryl methyl sites for hydroxylation is 2. The second-order valence-electron chi connectivity index (χ2n) is 7.48. The van der Waals surface area contributed by atoms with E-state index >= 15 is 0 Å². The Morgan fingerprint density at radius 3 is 2.57 bits per heavy atom. The van der Waals surface area contributed by atoms with Gasteiger partial charge in [0, 0.05) is 23.8 Å². The number of fused-ring (bicyclic) bond motifs is 1. The topological polar surface area (TPSA) is 66.5 Å². The Kier molecular flexibility index (Phi) is 5.45. The number of rotatable bonds is 4. The van der Waals surface area contributed by atoms with Gasteiger partial charge >= 0.3 is 0 Å². The molecular weight excluding hydrogens is 396 g/mol. The molecule has 1 aliphatic carbocycles. The SMILES string of the molecule is O=C(Nc1ccc2c(c1)CCC2)C1CCCN(S(=O)(=O)c2ccc(Cl)cc2)C1. The zero-order valence-electron chi connectivity index (χ0n) is 15.5. The lowest BCUT2D eigenvalue weighted by Crippen LogP contribution is -2.43. The number of halogens is 1. The first kappa shape index (κ1) is 19.4. The molecule has 2 aromatic rings. The van der Waals surface area contributed by atoms with Crippen molar-refractivity contribution in [1.82, 2.24) is 4.31 Å². The number of hydrogen-bond donors (Lipinski definition) is 1. The fraction of sp³-hybridized carbons (Fsp3) is 0.381. The Hall–Kier alpha value is -1.89. The molecule has 4 rings (SSSR count). The van der Waals surface area contributed by atoms with Gasteiger partial charge < -0.3 is 5.32 Å². The van der Waals surface area contributed by atoms with Crippen molar-refractivity contribution in [1.29, 1.82) is 0 Å². The zero-order valence-corrected chi connectivity index (χ0v) is 17.1. The summed E-state index contributed by atoms with van der Waals surface area (Å²) in [6, 6.07) is 12.2. The lowest BCUT2D eigenvalue weighted by atomic mass is 9.98. The minimum atomic E-state index is -3.63. The molecule has 1 N–H and O–H groups in total. The maximum absolute atomic E-state index is 12.9. The molecule has 2 aliphatic rings. The van der Waals surface area contributed by atoms with Gasteiger partial charge in [0.25, 0.3) is 0 Å². The summed E-state index contributed by atoms with van der Waals surface area (Å²) >= 11 is 5.86. The third-order valence-corrected chi connectivity index (χ3v) is 7.70. The van der Waals surface area contributed by atoms with Crippen molar-refractivity contribution in [2.45, 2.75) is 37.0 Å². The second kappa shape index (κ2) is 7.85. The standard InChI is InChI=1S/C21H23ClN2O3S/c22-18-7-10-20(11-8-18)28(26,27)24-12-2-5-17(14-24)21(25)23-19-9-6-15-3-1-4-16(15)13-19/h6-11,13,17H,1-5,12,14H2,(H,23,25). The van der Waals surface area contributed by atoms with Crippen molar-refractivity contribution >= 4 is 33.2 Å². The average molecular weight is 419 g/mol. The van der Waals surface area contributed by atoms with E-state index in [1.807, 2.05) is 12.1 Å². The van der Waals surface area contributed by atoms with E-state index in [4.69, 9.17) is 11.6 Å². The van der Waals surface area contributed by atoms with Gasteiger partial charge in [0.15, 0.2) is 0 Å². The van der Waals surface area contributed by atoms with Crippen LogP contribution in [-0.2, 0) is 27.7 Å².